The third-order valence-electron chi connectivity index (χ3n) is 6.35. The third kappa shape index (κ3) is 7.26. The summed E-state index contributed by atoms with van der Waals surface area (Å²) >= 11 is 12.8. The zero-order valence-corrected chi connectivity index (χ0v) is 24.5. The first-order chi connectivity index (χ1) is 20.8. The molecule has 2 amide bonds. The molecule has 2 aromatic carbocycles. The summed E-state index contributed by atoms with van der Waals surface area (Å²) in [4.78, 5) is 32.6. The van der Waals surface area contributed by atoms with Crippen molar-refractivity contribution in [3.8, 4) is 16.9 Å². The number of carbonyl (C=O) groups excluding carboxylic acids is 2. The Bertz CT molecular complexity index is 1750. The van der Waals surface area contributed by atoms with Gasteiger partial charge in [-0.1, -0.05) is 35.3 Å². The normalized spacial score (nSPS) is 11.9. The molecule has 13 nitrogen and oxygen atoms in total. The van der Waals surface area contributed by atoms with E-state index in [4.69, 9.17) is 28.2 Å². The van der Waals surface area contributed by atoms with Gasteiger partial charge in [0.2, 0.25) is 5.91 Å². The Labute approximate surface area is 255 Å². The molecule has 0 aliphatic rings. The Balaban J connectivity index is 1.40. The van der Waals surface area contributed by atoms with Crippen molar-refractivity contribution in [2.24, 2.45) is 0 Å². The van der Waals surface area contributed by atoms with Gasteiger partial charge in [-0.05, 0) is 59.8 Å². The molecular weight excluding hydrogens is 595 g/mol. The lowest BCUT2D eigenvalue weighted by Gasteiger charge is -2.15. The molecule has 5 rings (SSSR count). The lowest BCUT2D eigenvalue weighted by molar-refractivity contribution is -0.117. The van der Waals surface area contributed by atoms with Crippen LogP contribution in [0.15, 0.2) is 67.1 Å². The van der Waals surface area contributed by atoms with Gasteiger partial charge < -0.3 is 15.0 Å². The number of nitrogens with one attached hydrogen (secondary N) is 3. The highest BCUT2D eigenvalue weighted by atomic mass is 35.5. The van der Waals surface area contributed by atoms with E-state index >= 15 is 0 Å². The SMILES string of the molecule is CCn1ccc(CC(NC(=O)/C=C/c2cc(Cl)ccc2-n2cnnn2)c2nc(-c3ccc(NC(=O)OC)cc3)c(Cl)[nH]2)n1. The average molecular weight is 621 g/mol. The molecule has 1 unspecified atom stereocenters. The maximum atomic E-state index is 13.2. The van der Waals surface area contributed by atoms with Gasteiger partial charge in [0.05, 0.1) is 24.5 Å². The van der Waals surface area contributed by atoms with E-state index in [-0.39, 0.29) is 5.91 Å². The molecule has 0 fully saturated rings. The van der Waals surface area contributed by atoms with Crippen LogP contribution < -0.4 is 10.6 Å². The van der Waals surface area contributed by atoms with Crippen LogP contribution in [0.5, 0.6) is 0 Å². The van der Waals surface area contributed by atoms with Crippen molar-refractivity contribution < 1.29 is 14.3 Å². The van der Waals surface area contributed by atoms with Gasteiger partial charge in [-0.2, -0.15) is 9.78 Å². The number of aryl methyl sites for hydroxylation is 1. The topological polar surface area (TPSA) is 158 Å². The van der Waals surface area contributed by atoms with E-state index in [0.29, 0.717) is 57.2 Å². The molecule has 3 N–H and O–H groups in total. The Morgan fingerprint density at radius 1 is 1.14 bits per heavy atom. The molecule has 220 valence electrons. The number of benzene rings is 2. The molecular formula is C28H26Cl2N10O3. The molecule has 0 aliphatic heterocycles. The number of carbonyl (C=O) groups is 2. The van der Waals surface area contributed by atoms with Crippen LogP contribution >= 0.6 is 23.2 Å². The van der Waals surface area contributed by atoms with Gasteiger partial charge in [0.1, 0.15) is 23.0 Å². The van der Waals surface area contributed by atoms with Gasteiger partial charge in [-0.3, -0.25) is 14.8 Å². The standard InChI is InChI=1S/C28H26Cl2N10O3/c1-3-39-13-12-21(36-39)15-22(27-34-25(26(30)35-27)17-4-8-20(9-5-17)32-28(42)43-2)33-24(41)11-6-18-14-19(29)7-10-23(18)40-16-31-37-38-40/h4-14,16,22H,3,15H2,1-2H3,(H,32,42)(H,33,41)(H,34,35)/b11-6+. The molecule has 1 atom stereocenters. The molecule has 0 bridgehead atoms. The number of aromatic amines is 1. The minimum atomic E-state index is -0.595. The highest BCUT2D eigenvalue weighted by Crippen LogP contribution is 2.29. The van der Waals surface area contributed by atoms with Gasteiger partial charge in [-0.25, -0.2) is 9.78 Å². The number of rotatable bonds is 10. The fraction of sp³-hybridized carbons (Fsp3) is 0.179. The second-order valence-corrected chi connectivity index (χ2v) is 10.0. The number of amides is 2. The van der Waals surface area contributed by atoms with E-state index in [0.717, 1.165) is 5.69 Å². The zero-order chi connectivity index (χ0) is 30.3. The second-order valence-electron chi connectivity index (χ2n) is 9.20. The van der Waals surface area contributed by atoms with Crippen molar-refractivity contribution in [2.75, 3.05) is 12.4 Å². The number of tetrazole rings is 1. The molecule has 15 heteroatoms. The minimum absolute atomic E-state index is 0.294. The van der Waals surface area contributed by atoms with Crippen LogP contribution in [0.25, 0.3) is 23.0 Å². The zero-order valence-electron chi connectivity index (χ0n) is 23.0. The van der Waals surface area contributed by atoms with E-state index in [1.807, 2.05) is 19.2 Å². The Hall–Kier alpha value is -5.01. The summed E-state index contributed by atoms with van der Waals surface area (Å²) in [6, 6.07) is 13.4. The molecule has 43 heavy (non-hydrogen) atoms. The fourth-order valence-electron chi connectivity index (χ4n) is 4.24. The molecule has 0 radical (unpaired) electrons. The maximum Gasteiger partial charge on any atom is 0.411 e. The summed E-state index contributed by atoms with van der Waals surface area (Å²) in [6.07, 6.45) is 6.13. The Morgan fingerprint density at radius 3 is 2.65 bits per heavy atom. The first-order valence-electron chi connectivity index (χ1n) is 13.1. The molecule has 0 saturated heterocycles. The van der Waals surface area contributed by atoms with Crippen LogP contribution in [-0.2, 0) is 22.5 Å². The lowest BCUT2D eigenvalue weighted by atomic mass is 10.1. The number of nitrogens with zero attached hydrogens (tertiary/aromatic N) is 7. The fourth-order valence-corrected chi connectivity index (χ4v) is 4.67. The number of halogens is 2. The molecule has 5 aromatic rings. The van der Waals surface area contributed by atoms with E-state index < -0.39 is 12.1 Å². The van der Waals surface area contributed by atoms with Gasteiger partial charge in [-0.15, -0.1) is 5.10 Å². The van der Waals surface area contributed by atoms with Crippen LogP contribution in [-0.4, -0.2) is 59.1 Å². The average Bonchev–Trinajstić information content (AvgIpc) is 3.78. The lowest BCUT2D eigenvalue weighted by Crippen LogP contribution is -2.29. The number of aromatic nitrogens is 8. The van der Waals surface area contributed by atoms with Crippen molar-refractivity contribution in [1.29, 1.82) is 0 Å². The van der Waals surface area contributed by atoms with Crippen molar-refractivity contribution in [3.63, 3.8) is 0 Å². The predicted octanol–water partition coefficient (Wildman–Crippen LogP) is 4.87. The van der Waals surface area contributed by atoms with Crippen LogP contribution in [0, 0.1) is 0 Å². The summed E-state index contributed by atoms with van der Waals surface area (Å²) < 4.78 is 7.91. The molecule has 3 aromatic heterocycles. The first-order valence-corrected chi connectivity index (χ1v) is 13.8. The largest absolute Gasteiger partial charge is 0.453 e. The summed E-state index contributed by atoms with van der Waals surface area (Å²) in [5.74, 6) is 0.0663. The van der Waals surface area contributed by atoms with Gasteiger partial charge in [0.15, 0.2) is 0 Å². The molecule has 0 spiro atoms. The van der Waals surface area contributed by atoms with Gasteiger partial charge in [0.25, 0.3) is 0 Å². The Morgan fingerprint density at radius 2 is 1.95 bits per heavy atom. The Kier molecular flexibility index (Phi) is 9.13. The van der Waals surface area contributed by atoms with E-state index in [1.54, 1.807) is 53.2 Å². The van der Waals surface area contributed by atoms with Crippen LogP contribution in [0.1, 0.15) is 30.0 Å². The number of methoxy groups -OCH3 is 1. The number of ether oxygens (including phenoxy) is 1. The summed E-state index contributed by atoms with van der Waals surface area (Å²) in [5, 5.41) is 22.2. The molecule has 3 heterocycles. The summed E-state index contributed by atoms with van der Waals surface area (Å²) in [6.45, 7) is 2.70. The summed E-state index contributed by atoms with van der Waals surface area (Å²) in [7, 11) is 1.29. The van der Waals surface area contributed by atoms with E-state index in [2.05, 4.69) is 41.0 Å². The number of hydrogen-bond donors (Lipinski definition) is 3. The quantitative estimate of drug-likeness (QED) is 0.187. The van der Waals surface area contributed by atoms with E-state index in [9.17, 15) is 9.59 Å². The minimum Gasteiger partial charge on any atom is -0.453 e. The molecule has 0 aliphatic carbocycles. The van der Waals surface area contributed by atoms with Gasteiger partial charge in [0, 0.05) is 47.1 Å². The van der Waals surface area contributed by atoms with Crippen LogP contribution in [0.3, 0.4) is 0 Å². The smallest absolute Gasteiger partial charge is 0.411 e. The third-order valence-corrected chi connectivity index (χ3v) is 6.86. The highest BCUT2D eigenvalue weighted by Gasteiger charge is 2.22. The van der Waals surface area contributed by atoms with Crippen LogP contribution in [0.2, 0.25) is 10.2 Å². The van der Waals surface area contributed by atoms with Crippen LogP contribution in [0.4, 0.5) is 10.5 Å². The number of hydrogen-bond acceptors (Lipinski definition) is 8. The first kappa shape index (κ1) is 29.5. The number of anilines is 1. The maximum absolute atomic E-state index is 13.2. The number of H-pyrrole nitrogens is 1. The van der Waals surface area contributed by atoms with Crippen molar-refractivity contribution in [1.82, 2.24) is 45.3 Å². The predicted molar refractivity (Wildman–Crippen MR) is 161 cm³/mol. The number of imidazole rings is 1. The van der Waals surface area contributed by atoms with Crippen molar-refractivity contribution >= 4 is 47.0 Å². The molecule has 0 saturated carbocycles. The van der Waals surface area contributed by atoms with Gasteiger partial charge >= 0.3 is 6.09 Å². The summed E-state index contributed by atoms with van der Waals surface area (Å²) in [5.41, 5.74) is 3.80. The van der Waals surface area contributed by atoms with E-state index in [1.165, 1.54) is 24.2 Å². The van der Waals surface area contributed by atoms with Crippen molar-refractivity contribution in [2.45, 2.75) is 25.9 Å². The highest BCUT2D eigenvalue weighted by molar-refractivity contribution is 6.32. The second kappa shape index (κ2) is 13.3. The van der Waals surface area contributed by atoms with Crippen molar-refractivity contribution in [3.05, 3.63) is 94.4 Å². The monoisotopic (exact) mass is 620 g/mol.